The monoisotopic (exact) mass is 406 g/mol. The lowest BCUT2D eigenvalue weighted by Crippen LogP contribution is -2.46. The summed E-state index contributed by atoms with van der Waals surface area (Å²) in [5, 5.41) is 8.37. The van der Waals surface area contributed by atoms with E-state index in [2.05, 4.69) is 10.3 Å². The second kappa shape index (κ2) is 7.46. The average Bonchev–Trinajstić information content (AvgIpc) is 3.25. The Morgan fingerprint density at radius 1 is 1.14 bits per heavy atom. The van der Waals surface area contributed by atoms with Gasteiger partial charge in [-0.25, -0.2) is 13.1 Å². The van der Waals surface area contributed by atoms with Gasteiger partial charge < -0.3 is 9.47 Å². The fourth-order valence-electron chi connectivity index (χ4n) is 4.55. The Kier molecular flexibility index (Phi) is 5.15. The molecule has 2 unspecified atom stereocenters. The molecule has 2 aliphatic heterocycles. The van der Waals surface area contributed by atoms with Gasteiger partial charge in [-0.1, -0.05) is 5.21 Å². The van der Waals surface area contributed by atoms with Crippen molar-refractivity contribution in [2.75, 3.05) is 14.2 Å². The molecule has 2 bridgehead atoms. The highest BCUT2D eigenvalue weighted by Gasteiger charge is 2.47. The summed E-state index contributed by atoms with van der Waals surface area (Å²) in [6.07, 6.45) is 5.18. The Labute approximate surface area is 165 Å². The number of aromatic nitrogens is 3. The summed E-state index contributed by atoms with van der Waals surface area (Å²) in [5.74, 6) is 0.693. The van der Waals surface area contributed by atoms with E-state index >= 15 is 0 Å². The number of benzene rings is 1. The van der Waals surface area contributed by atoms with Gasteiger partial charge in [-0.15, -0.1) is 5.10 Å². The van der Waals surface area contributed by atoms with E-state index in [1.54, 1.807) is 36.7 Å². The predicted molar refractivity (Wildman–Crippen MR) is 103 cm³/mol. The maximum absolute atomic E-state index is 13.4. The molecule has 0 radical (unpaired) electrons. The number of fused-ring (bicyclic) bond motifs is 2. The molecule has 0 saturated carbocycles. The molecule has 28 heavy (non-hydrogen) atoms. The van der Waals surface area contributed by atoms with Crippen molar-refractivity contribution in [3.05, 3.63) is 35.7 Å². The molecule has 0 N–H and O–H groups in total. The number of piperidine rings is 1. The second-order valence-electron chi connectivity index (χ2n) is 7.60. The Bertz CT molecular complexity index is 945. The van der Waals surface area contributed by atoms with Crippen LogP contribution < -0.4 is 4.74 Å². The van der Waals surface area contributed by atoms with Crippen LogP contribution in [0.25, 0.3) is 0 Å². The van der Waals surface area contributed by atoms with Crippen LogP contribution in [0, 0.1) is 6.92 Å². The largest absolute Gasteiger partial charge is 0.496 e. The SMILES string of the molecule is COCc1cn(C2CC3CCC(C2)N3S(=O)(=O)c2ccc(OC)c(C)c2)nn1. The molecule has 9 heteroatoms. The van der Waals surface area contributed by atoms with Crippen LogP contribution in [0.2, 0.25) is 0 Å². The molecule has 152 valence electrons. The Hall–Kier alpha value is -1.97. The minimum absolute atomic E-state index is 0.00812. The molecular weight excluding hydrogens is 380 g/mol. The lowest BCUT2D eigenvalue weighted by Gasteiger charge is -2.37. The maximum Gasteiger partial charge on any atom is 0.243 e. The maximum atomic E-state index is 13.4. The van der Waals surface area contributed by atoms with Crippen LogP contribution >= 0.6 is 0 Å². The zero-order valence-electron chi connectivity index (χ0n) is 16.4. The Morgan fingerprint density at radius 2 is 1.86 bits per heavy atom. The van der Waals surface area contributed by atoms with Gasteiger partial charge in [-0.3, -0.25) is 0 Å². The van der Waals surface area contributed by atoms with Crippen molar-refractivity contribution in [3.63, 3.8) is 0 Å². The quantitative estimate of drug-likeness (QED) is 0.732. The summed E-state index contributed by atoms with van der Waals surface area (Å²) in [6, 6.07) is 5.22. The molecule has 2 fully saturated rings. The highest BCUT2D eigenvalue weighted by atomic mass is 32.2. The summed E-state index contributed by atoms with van der Waals surface area (Å²) < 4.78 is 40.7. The number of methoxy groups -OCH3 is 2. The molecule has 1 aromatic carbocycles. The van der Waals surface area contributed by atoms with E-state index in [1.807, 2.05) is 17.8 Å². The molecule has 2 aliphatic rings. The van der Waals surface area contributed by atoms with Gasteiger partial charge >= 0.3 is 0 Å². The third-order valence-electron chi connectivity index (χ3n) is 5.81. The summed E-state index contributed by atoms with van der Waals surface area (Å²) >= 11 is 0. The summed E-state index contributed by atoms with van der Waals surface area (Å²) in [4.78, 5) is 0.337. The van der Waals surface area contributed by atoms with Crippen LogP contribution in [0.3, 0.4) is 0 Å². The number of rotatable bonds is 6. The normalized spacial score (nSPS) is 25.2. The van der Waals surface area contributed by atoms with Gasteiger partial charge in [0.1, 0.15) is 11.4 Å². The highest BCUT2D eigenvalue weighted by molar-refractivity contribution is 7.89. The fourth-order valence-corrected chi connectivity index (χ4v) is 6.53. The van der Waals surface area contributed by atoms with E-state index in [-0.39, 0.29) is 18.1 Å². The first-order valence-electron chi connectivity index (χ1n) is 9.52. The molecular formula is C19H26N4O4S. The van der Waals surface area contributed by atoms with Gasteiger partial charge in [-0.05, 0) is 56.4 Å². The van der Waals surface area contributed by atoms with Crippen molar-refractivity contribution in [2.45, 2.75) is 62.2 Å². The Balaban J connectivity index is 1.56. The van der Waals surface area contributed by atoms with Crippen LogP contribution in [0.15, 0.2) is 29.3 Å². The zero-order valence-corrected chi connectivity index (χ0v) is 17.2. The molecule has 1 aromatic heterocycles. The van der Waals surface area contributed by atoms with Gasteiger partial charge in [0.2, 0.25) is 10.0 Å². The van der Waals surface area contributed by atoms with E-state index in [1.165, 1.54) is 0 Å². The molecule has 4 rings (SSSR count). The third kappa shape index (κ3) is 3.31. The van der Waals surface area contributed by atoms with Crippen molar-refractivity contribution in [3.8, 4) is 5.75 Å². The van der Waals surface area contributed by atoms with E-state index < -0.39 is 10.0 Å². The zero-order chi connectivity index (χ0) is 19.9. The average molecular weight is 407 g/mol. The van der Waals surface area contributed by atoms with E-state index in [4.69, 9.17) is 9.47 Å². The summed E-state index contributed by atoms with van der Waals surface area (Å²) in [5.41, 5.74) is 1.61. The van der Waals surface area contributed by atoms with Crippen molar-refractivity contribution in [1.29, 1.82) is 0 Å². The van der Waals surface area contributed by atoms with Crippen LogP contribution in [0.5, 0.6) is 5.75 Å². The molecule has 0 amide bonds. The lowest BCUT2D eigenvalue weighted by molar-refractivity contribution is 0.180. The number of sulfonamides is 1. The second-order valence-corrected chi connectivity index (χ2v) is 9.44. The van der Waals surface area contributed by atoms with Crippen molar-refractivity contribution in [2.24, 2.45) is 0 Å². The number of nitrogens with zero attached hydrogens (tertiary/aromatic N) is 4. The smallest absolute Gasteiger partial charge is 0.243 e. The molecule has 2 atom stereocenters. The number of ether oxygens (including phenoxy) is 2. The fraction of sp³-hybridized carbons (Fsp3) is 0.579. The first-order chi connectivity index (χ1) is 13.4. The molecule has 0 aliphatic carbocycles. The molecule has 2 aromatic rings. The minimum atomic E-state index is -3.54. The topological polar surface area (TPSA) is 86.5 Å². The van der Waals surface area contributed by atoms with E-state index in [0.717, 1.165) is 36.9 Å². The van der Waals surface area contributed by atoms with Gasteiger partial charge in [0.15, 0.2) is 0 Å². The lowest BCUT2D eigenvalue weighted by atomic mass is 10.00. The minimum Gasteiger partial charge on any atom is -0.496 e. The summed E-state index contributed by atoms with van der Waals surface area (Å²) in [7, 11) is -0.326. The van der Waals surface area contributed by atoms with E-state index in [9.17, 15) is 8.42 Å². The molecule has 8 nitrogen and oxygen atoms in total. The van der Waals surface area contributed by atoms with E-state index in [0.29, 0.717) is 17.3 Å². The number of hydrogen-bond acceptors (Lipinski definition) is 6. The first-order valence-corrected chi connectivity index (χ1v) is 11.0. The standard InChI is InChI=1S/C19H26N4O4S/c1-13-8-18(6-7-19(13)27-3)28(24,25)23-15-4-5-16(23)10-17(9-15)22-11-14(12-26-2)20-21-22/h6-8,11,15-17H,4-5,9-10,12H2,1-3H3. The third-order valence-corrected chi connectivity index (χ3v) is 7.81. The van der Waals surface area contributed by atoms with Gasteiger partial charge in [0, 0.05) is 19.2 Å². The predicted octanol–water partition coefficient (Wildman–Crippen LogP) is 2.30. The van der Waals surface area contributed by atoms with Crippen LogP contribution in [-0.4, -0.2) is 54.0 Å². The number of aryl methyl sites for hydroxylation is 1. The Morgan fingerprint density at radius 3 is 2.46 bits per heavy atom. The van der Waals surface area contributed by atoms with Gasteiger partial charge in [0.25, 0.3) is 0 Å². The van der Waals surface area contributed by atoms with Crippen molar-refractivity contribution >= 4 is 10.0 Å². The molecule has 0 spiro atoms. The molecule has 2 saturated heterocycles. The van der Waals surface area contributed by atoms with Gasteiger partial charge in [0.05, 0.1) is 30.9 Å². The highest BCUT2D eigenvalue weighted by Crippen LogP contribution is 2.43. The van der Waals surface area contributed by atoms with Gasteiger partial charge in [-0.2, -0.15) is 4.31 Å². The van der Waals surface area contributed by atoms with Crippen LogP contribution in [0.1, 0.15) is 43.0 Å². The molecule has 3 heterocycles. The van der Waals surface area contributed by atoms with Crippen molar-refractivity contribution in [1.82, 2.24) is 19.3 Å². The summed E-state index contributed by atoms with van der Waals surface area (Å²) in [6.45, 7) is 2.29. The van der Waals surface area contributed by atoms with Crippen LogP contribution in [0.4, 0.5) is 0 Å². The van der Waals surface area contributed by atoms with Crippen molar-refractivity contribution < 1.29 is 17.9 Å². The first kappa shape index (κ1) is 19.4. The van der Waals surface area contributed by atoms with Crippen LogP contribution in [-0.2, 0) is 21.4 Å². The number of hydrogen-bond donors (Lipinski definition) is 0.